The molecule has 6 heteroatoms. The highest BCUT2D eigenvalue weighted by atomic mass is 16.6. The fourth-order valence-electron chi connectivity index (χ4n) is 1.23. The number of hydrogen-bond donors (Lipinski definition) is 0. The van der Waals surface area contributed by atoms with E-state index in [-0.39, 0.29) is 11.1 Å². The maximum absolute atomic E-state index is 10.9. The lowest BCUT2D eigenvalue weighted by atomic mass is 9.97. The number of nitrogens with zero attached hydrogens (tertiary/aromatic N) is 2. The highest BCUT2D eigenvalue weighted by Crippen LogP contribution is 2.11. The largest absolute Gasteiger partial charge is 0.377 e. The van der Waals surface area contributed by atoms with E-state index in [4.69, 9.17) is 20.0 Å². The second-order valence-corrected chi connectivity index (χ2v) is 3.26. The van der Waals surface area contributed by atoms with Crippen molar-refractivity contribution in [2.75, 3.05) is 26.4 Å². The fraction of sp³-hybridized carbons (Fsp3) is 0.333. The molecule has 0 aromatic rings. The molecule has 0 aromatic carbocycles. The average molecular weight is 246 g/mol. The van der Waals surface area contributed by atoms with Gasteiger partial charge in [-0.15, -0.1) is 0 Å². The Kier molecular flexibility index (Phi) is 5.46. The van der Waals surface area contributed by atoms with Crippen LogP contribution in [0.2, 0.25) is 0 Å². The Hall–Kier alpha value is -2.28. The van der Waals surface area contributed by atoms with Crippen LogP contribution in [0.4, 0.5) is 0 Å². The monoisotopic (exact) mass is 246 g/mol. The second-order valence-electron chi connectivity index (χ2n) is 3.26. The van der Waals surface area contributed by atoms with E-state index in [1.54, 1.807) is 0 Å². The first-order valence-electron chi connectivity index (χ1n) is 5.17. The molecule has 6 nitrogen and oxygen atoms in total. The molecule has 0 N–H and O–H groups in total. The standard InChI is InChI=1S/C8H2N2O2.C4H8O2/c9-3-5-6(4-10)8(12)2-1-7(5)11;1-2-6-4-3-5-1/h1-2H;1-4H2. The Bertz CT molecular complexity index is 438. The maximum Gasteiger partial charge on any atom is 0.197 e. The van der Waals surface area contributed by atoms with Crippen molar-refractivity contribution < 1.29 is 19.1 Å². The molecular formula is C12H10N2O4. The van der Waals surface area contributed by atoms with Gasteiger partial charge in [0, 0.05) is 0 Å². The summed E-state index contributed by atoms with van der Waals surface area (Å²) in [6.45, 7) is 3.11. The third-order valence-corrected chi connectivity index (χ3v) is 2.10. The van der Waals surface area contributed by atoms with Crippen molar-refractivity contribution in [2.24, 2.45) is 0 Å². The second kappa shape index (κ2) is 7.13. The molecule has 0 spiro atoms. The lowest BCUT2D eigenvalue weighted by Gasteiger charge is -2.09. The Morgan fingerprint density at radius 2 is 1.17 bits per heavy atom. The van der Waals surface area contributed by atoms with Gasteiger partial charge in [0.2, 0.25) is 0 Å². The predicted octanol–water partition coefficient (Wildman–Crippen LogP) is 0.0714. The third-order valence-electron chi connectivity index (χ3n) is 2.10. The van der Waals surface area contributed by atoms with E-state index in [1.165, 1.54) is 12.1 Å². The van der Waals surface area contributed by atoms with Crippen LogP contribution in [0.25, 0.3) is 0 Å². The lowest BCUT2D eigenvalue weighted by Crippen LogP contribution is -2.16. The van der Waals surface area contributed by atoms with E-state index in [0.29, 0.717) is 0 Å². The molecule has 0 amide bonds. The van der Waals surface area contributed by atoms with Crippen LogP contribution in [0, 0.1) is 22.7 Å². The van der Waals surface area contributed by atoms with Gasteiger partial charge in [0.05, 0.1) is 26.4 Å². The van der Waals surface area contributed by atoms with Gasteiger partial charge in [-0.1, -0.05) is 0 Å². The van der Waals surface area contributed by atoms with Crippen molar-refractivity contribution >= 4 is 11.6 Å². The Balaban J connectivity index is 0.000000225. The fourth-order valence-corrected chi connectivity index (χ4v) is 1.23. The minimum Gasteiger partial charge on any atom is -0.377 e. The summed E-state index contributed by atoms with van der Waals surface area (Å²) in [7, 11) is 0. The van der Waals surface area contributed by atoms with Crippen LogP contribution in [0.3, 0.4) is 0 Å². The Morgan fingerprint density at radius 1 is 0.833 bits per heavy atom. The molecule has 0 atom stereocenters. The smallest absolute Gasteiger partial charge is 0.197 e. The highest BCUT2D eigenvalue weighted by Gasteiger charge is 2.21. The summed E-state index contributed by atoms with van der Waals surface area (Å²) < 4.78 is 9.89. The summed E-state index contributed by atoms with van der Waals surface area (Å²) in [4.78, 5) is 21.7. The third kappa shape index (κ3) is 3.63. The number of ketones is 2. The molecule has 1 fully saturated rings. The normalized spacial score (nSPS) is 18.6. The maximum atomic E-state index is 10.9. The van der Waals surface area contributed by atoms with Gasteiger partial charge >= 0.3 is 0 Å². The molecule has 1 heterocycles. The summed E-state index contributed by atoms with van der Waals surface area (Å²) in [6.07, 6.45) is 1.98. The van der Waals surface area contributed by atoms with E-state index >= 15 is 0 Å². The van der Waals surface area contributed by atoms with E-state index in [9.17, 15) is 9.59 Å². The van der Waals surface area contributed by atoms with Crippen LogP contribution >= 0.6 is 0 Å². The molecule has 0 bridgehead atoms. The molecule has 2 aliphatic rings. The molecule has 0 radical (unpaired) electrons. The van der Waals surface area contributed by atoms with Gasteiger partial charge in [0.1, 0.15) is 23.3 Å². The average Bonchev–Trinajstić information content (AvgIpc) is 2.43. The van der Waals surface area contributed by atoms with Gasteiger partial charge in [-0.05, 0) is 12.2 Å². The highest BCUT2D eigenvalue weighted by molar-refractivity contribution is 6.23. The number of allylic oxidation sites excluding steroid dienone is 4. The number of hydrogen-bond acceptors (Lipinski definition) is 6. The molecule has 0 unspecified atom stereocenters. The van der Waals surface area contributed by atoms with Crippen LogP contribution < -0.4 is 0 Å². The first-order chi connectivity index (χ1) is 8.70. The zero-order valence-electron chi connectivity index (χ0n) is 9.51. The first-order valence-corrected chi connectivity index (χ1v) is 5.17. The van der Waals surface area contributed by atoms with E-state index in [1.807, 2.05) is 0 Å². The molecule has 2 rings (SSSR count). The predicted molar refractivity (Wildman–Crippen MR) is 59.0 cm³/mol. The minimum absolute atomic E-state index is 0.370. The molecule has 0 saturated carbocycles. The van der Waals surface area contributed by atoms with Gasteiger partial charge in [-0.3, -0.25) is 9.59 Å². The summed E-state index contributed by atoms with van der Waals surface area (Å²) in [5.74, 6) is -1.18. The summed E-state index contributed by atoms with van der Waals surface area (Å²) in [5.41, 5.74) is -0.741. The number of ether oxygens (including phenoxy) is 2. The Morgan fingerprint density at radius 3 is 1.39 bits per heavy atom. The van der Waals surface area contributed by atoms with Crippen molar-refractivity contribution in [2.45, 2.75) is 0 Å². The van der Waals surface area contributed by atoms with Crippen LogP contribution in [0.5, 0.6) is 0 Å². The molecule has 1 aliphatic heterocycles. The molecule has 1 saturated heterocycles. The van der Waals surface area contributed by atoms with Crippen molar-refractivity contribution in [3.63, 3.8) is 0 Å². The SMILES string of the molecule is C1COCCO1.N#CC1=C(C#N)C(=O)C=CC1=O. The molecule has 0 aromatic heterocycles. The summed E-state index contributed by atoms with van der Waals surface area (Å²) >= 11 is 0. The van der Waals surface area contributed by atoms with Crippen LogP contribution in [-0.2, 0) is 19.1 Å². The van der Waals surface area contributed by atoms with Gasteiger partial charge in [-0.2, -0.15) is 10.5 Å². The number of nitriles is 2. The van der Waals surface area contributed by atoms with E-state index < -0.39 is 11.6 Å². The van der Waals surface area contributed by atoms with Gasteiger partial charge < -0.3 is 9.47 Å². The van der Waals surface area contributed by atoms with Gasteiger partial charge in [0.25, 0.3) is 0 Å². The van der Waals surface area contributed by atoms with Crippen molar-refractivity contribution in [1.82, 2.24) is 0 Å². The number of rotatable bonds is 0. The van der Waals surface area contributed by atoms with Gasteiger partial charge in [-0.25, -0.2) is 0 Å². The quantitative estimate of drug-likeness (QED) is 0.561. The van der Waals surface area contributed by atoms with E-state index in [2.05, 4.69) is 0 Å². The zero-order valence-corrected chi connectivity index (χ0v) is 9.51. The summed E-state index contributed by atoms with van der Waals surface area (Å²) in [5, 5.41) is 16.8. The molecule has 18 heavy (non-hydrogen) atoms. The summed E-state index contributed by atoms with van der Waals surface area (Å²) in [6, 6.07) is 3.04. The topological polar surface area (TPSA) is 100 Å². The van der Waals surface area contributed by atoms with E-state index in [0.717, 1.165) is 38.6 Å². The van der Waals surface area contributed by atoms with Crippen molar-refractivity contribution in [3.8, 4) is 12.1 Å². The molecule has 92 valence electrons. The molecular weight excluding hydrogens is 236 g/mol. The van der Waals surface area contributed by atoms with Crippen molar-refractivity contribution in [3.05, 3.63) is 23.3 Å². The van der Waals surface area contributed by atoms with Gasteiger partial charge in [0.15, 0.2) is 11.6 Å². The number of carbonyl (C=O) groups excluding carboxylic acids is 2. The number of carbonyl (C=O) groups is 2. The lowest BCUT2D eigenvalue weighted by molar-refractivity contribution is -0.114. The van der Waals surface area contributed by atoms with Crippen LogP contribution in [0.15, 0.2) is 23.3 Å². The first kappa shape index (κ1) is 13.8. The zero-order chi connectivity index (χ0) is 13.4. The van der Waals surface area contributed by atoms with Crippen LogP contribution in [0.1, 0.15) is 0 Å². The minimum atomic E-state index is -0.589. The Labute approximate surface area is 104 Å². The molecule has 1 aliphatic carbocycles. The van der Waals surface area contributed by atoms with Crippen LogP contribution in [-0.4, -0.2) is 38.0 Å². The van der Waals surface area contributed by atoms with Crippen molar-refractivity contribution in [1.29, 1.82) is 10.5 Å².